The second-order valence-corrected chi connectivity index (χ2v) is 10.1. The molecule has 2 fully saturated rings. The molecular formula is C26H31F2N7O4. The first-order chi connectivity index (χ1) is 18.8. The molecule has 3 aromatic rings. The van der Waals surface area contributed by atoms with E-state index in [1.165, 1.54) is 6.07 Å². The first-order valence-electron chi connectivity index (χ1n) is 12.9. The van der Waals surface area contributed by atoms with E-state index in [2.05, 4.69) is 20.1 Å². The molecule has 0 radical (unpaired) electrons. The molecule has 0 spiro atoms. The lowest BCUT2D eigenvalue weighted by atomic mass is 9.94. The second-order valence-electron chi connectivity index (χ2n) is 10.1. The quantitative estimate of drug-likeness (QED) is 0.473. The van der Waals surface area contributed by atoms with Gasteiger partial charge in [0.15, 0.2) is 5.82 Å². The average Bonchev–Trinajstić information content (AvgIpc) is 3.56. The zero-order valence-electron chi connectivity index (χ0n) is 21.8. The highest BCUT2D eigenvalue weighted by atomic mass is 19.1. The van der Waals surface area contributed by atoms with Crippen LogP contribution in [0.3, 0.4) is 0 Å². The Hall–Kier alpha value is -3.71. The maximum Gasteiger partial charge on any atom is 0.410 e. The number of nitrogens with two attached hydrogens (primary N) is 1. The zero-order chi connectivity index (χ0) is 27.5. The molecule has 13 heteroatoms. The maximum atomic E-state index is 14.3. The number of carbonyl (C=O) groups excluding carboxylic acids is 1. The molecule has 4 heterocycles. The minimum absolute atomic E-state index is 0.0193. The molecule has 2 atom stereocenters. The molecule has 0 bridgehead atoms. The van der Waals surface area contributed by atoms with Crippen molar-refractivity contribution in [2.24, 2.45) is 5.73 Å². The first-order valence-corrected chi connectivity index (χ1v) is 12.9. The Balaban J connectivity index is 1.13. The van der Waals surface area contributed by atoms with E-state index in [0.717, 1.165) is 12.1 Å². The van der Waals surface area contributed by atoms with Crippen LogP contribution >= 0.6 is 0 Å². The number of benzene rings is 1. The lowest BCUT2D eigenvalue weighted by Gasteiger charge is -2.31. The van der Waals surface area contributed by atoms with Gasteiger partial charge in [0.1, 0.15) is 18.2 Å². The van der Waals surface area contributed by atoms with Gasteiger partial charge in [0, 0.05) is 50.5 Å². The second kappa shape index (κ2) is 11.6. The summed E-state index contributed by atoms with van der Waals surface area (Å²) in [7, 11) is 0. The van der Waals surface area contributed by atoms with E-state index in [1.54, 1.807) is 17.3 Å². The maximum absolute atomic E-state index is 14.3. The van der Waals surface area contributed by atoms with Crippen LogP contribution in [0.5, 0.6) is 0 Å². The van der Waals surface area contributed by atoms with Crippen LogP contribution in [0, 0.1) is 11.6 Å². The summed E-state index contributed by atoms with van der Waals surface area (Å²) in [5.41, 5.74) is 7.03. The van der Waals surface area contributed by atoms with Gasteiger partial charge in [-0.25, -0.2) is 23.5 Å². The Morgan fingerprint density at radius 3 is 2.64 bits per heavy atom. The van der Waals surface area contributed by atoms with Crippen LogP contribution in [0.4, 0.5) is 19.5 Å². The number of amides is 1. The number of carbonyl (C=O) groups is 1. The minimum atomic E-state index is -0.504. The summed E-state index contributed by atoms with van der Waals surface area (Å²) in [5, 5.41) is 3.98. The smallest absolute Gasteiger partial charge is 0.410 e. The van der Waals surface area contributed by atoms with Crippen LogP contribution in [0.1, 0.15) is 44.0 Å². The van der Waals surface area contributed by atoms with Gasteiger partial charge in [-0.15, -0.1) is 0 Å². The molecule has 2 saturated heterocycles. The van der Waals surface area contributed by atoms with Crippen LogP contribution in [-0.4, -0.2) is 75.5 Å². The Labute approximate surface area is 224 Å². The summed E-state index contributed by atoms with van der Waals surface area (Å²) in [6, 6.07) is 3.00. The van der Waals surface area contributed by atoms with E-state index in [4.69, 9.17) is 19.7 Å². The molecule has 0 saturated carbocycles. The van der Waals surface area contributed by atoms with Crippen molar-refractivity contribution in [2.45, 2.75) is 57.5 Å². The summed E-state index contributed by atoms with van der Waals surface area (Å²) >= 11 is 0. The van der Waals surface area contributed by atoms with Crippen molar-refractivity contribution in [3.63, 3.8) is 0 Å². The topological polar surface area (TPSA) is 133 Å². The van der Waals surface area contributed by atoms with Crippen molar-refractivity contribution in [3.05, 3.63) is 53.6 Å². The third kappa shape index (κ3) is 6.31. The molecule has 2 aliphatic rings. The fourth-order valence-electron chi connectivity index (χ4n) is 4.82. The molecule has 0 aliphatic carbocycles. The van der Waals surface area contributed by atoms with Crippen LogP contribution in [0.2, 0.25) is 0 Å². The van der Waals surface area contributed by atoms with E-state index in [9.17, 15) is 13.6 Å². The number of hydrogen-bond donors (Lipinski definition) is 1. The van der Waals surface area contributed by atoms with E-state index in [1.807, 2.05) is 18.7 Å². The highest BCUT2D eigenvalue weighted by Gasteiger charge is 2.34. The van der Waals surface area contributed by atoms with Gasteiger partial charge >= 0.3 is 6.09 Å². The number of anilines is 1. The molecule has 2 aliphatic heterocycles. The number of ether oxygens (including phenoxy) is 2. The predicted octanol–water partition coefficient (Wildman–Crippen LogP) is 3.26. The molecule has 2 N–H and O–H groups in total. The molecule has 39 heavy (non-hydrogen) atoms. The lowest BCUT2D eigenvalue weighted by Crippen LogP contribution is -2.41. The summed E-state index contributed by atoms with van der Waals surface area (Å²) < 4.78 is 44.5. The van der Waals surface area contributed by atoms with Crippen molar-refractivity contribution in [2.75, 3.05) is 31.1 Å². The third-order valence-corrected chi connectivity index (χ3v) is 6.84. The number of aromatic nitrogens is 4. The summed E-state index contributed by atoms with van der Waals surface area (Å²) in [6.07, 6.45) is 4.05. The Morgan fingerprint density at radius 2 is 1.92 bits per heavy atom. The van der Waals surface area contributed by atoms with Crippen LogP contribution in [0.25, 0.3) is 11.5 Å². The van der Waals surface area contributed by atoms with E-state index in [0.29, 0.717) is 56.4 Å². The van der Waals surface area contributed by atoms with Crippen LogP contribution < -0.4 is 10.6 Å². The fraction of sp³-hybridized carbons (Fsp3) is 0.500. The Bertz CT molecular complexity index is 1280. The number of rotatable bonds is 7. The number of piperidine rings is 1. The van der Waals surface area contributed by atoms with Crippen molar-refractivity contribution in [1.29, 1.82) is 0 Å². The molecule has 5 rings (SSSR count). The Morgan fingerprint density at radius 1 is 1.18 bits per heavy atom. The Kier molecular flexibility index (Phi) is 7.98. The highest BCUT2D eigenvalue weighted by molar-refractivity contribution is 5.67. The summed E-state index contributed by atoms with van der Waals surface area (Å²) in [4.78, 5) is 28.7. The molecule has 208 valence electrons. The fourth-order valence-corrected chi connectivity index (χ4v) is 4.82. The molecule has 2 aromatic heterocycles. The highest BCUT2D eigenvalue weighted by Crippen LogP contribution is 2.31. The third-order valence-electron chi connectivity index (χ3n) is 6.84. The van der Waals surface area contributed by atoms with Gasteiger partial charge in [0.05, 0.1) is 17.8 Å². The summed E-state index contributed by atoms with van der Waals surface area (Å²) in [5.74, 6) is -0.312. The van der Waals surface area contributed by atoms with Gasteiger partial charge in [-0.3, -0.25) is 0 Å². The monoisotopic (exact) mass is 543 g/mol. The largest absolute Gasteiger partial charge is 0.447 e. The average molecular weight is 544 g/mol. The van der Waals surface area contributed by atoms with E-state index < -0.39 is 17.7 Å². The lowest BCUT2D eigenvalue weighted by molar-refractivity contribution is -0.00899. The number of nitrogens with zero attached hydrogens (tertiary/aromatic N) is 6. The summed E-state index contributed by atoms with van der Waals surface area (Å²) in [6.45, 7) is 5.72. The molecule has 0 unspecified atom stereocenters. The van der Waals surface area contributed by atoms with Gasteiger partial charge in [0.25, 0.3) is 5.89 Å². The minimum Gasteiger partial charge on any atom is -0.447 e. The van der Waals surface area contributed by atoms with Crippen molar-refractivity contribution >= 4 is 12.0 Å². The predicted molar refractivity (Wildman–Crippen MR) is 136 cm³/mol. The van der Waals surface area contributed by atoms with Crippen molar-refractivity contribution < 1.29 is 27.6 Å². The van der Waals surface area contributed by atoms with Crippen molar-refractivity contribution in [1.82, 2.24) is 25.0 Å². The molecular weight excluding hydrogens is 512 g/mol. The normalized spacial score (nSPS) is 20.2. The van der Waals surface area contributed by atoms with Gasteiger partial charge in [0.2, 0.25) is 5.95 Å². The number of halogens is 2. The number of likely N-dealkylation sites (tertiary alicyclic amines) is 1. The van der Waals surface area contributed by atoms with Gasteiger partial charge in [-0.05, 0) is 50.5 Å². The van der Waals surface area contributed by atoms with E-state index >= 15 is 0 Å². The van der Waals surface area contributed by atoms with Gasteiger partial charge < -0.3 is 29.5 Å². The zero-order valence-corrected chi connectivity index (χ0v) is 21.8. The number of hydrogen-bond acceptors (Lipinski definition) is 10. The van der Waals surface area contributed by atoms with Crippen LogP contribution in [0.15, 0.2) is 35.1 Å². The van der Waals surface area contributed by atoms with Gasteiger partial charge in [-0.2, -0.15) is 4.98 Å². The SMILES string of the molecule is CC(C)OC(=O)N1CCC(OCc2noc(-c3cnc(N4C[C@H](c5cc(F)ccc5F)[C@@H](N)C4)nc3)n2)CC1. The molecule has 1 aromatic carbocycles. The van der Waals surface area contributed by atoms with Crippen LogP contribution in [-0.2, 0) is 16.1 Å². The molecule has 11 nitrogen and oxygen atoms in total. The van der Waals surface area contributed by atoms with Gasteiger partial charge in [-0.1, -0.05) is 5.16 Å². The first kappa shape index (κ1) is 26.9. The molecule has 1 amide bonds. The van der Waals surface area contributed by atoms with E-state index in [-0.39, 0.29) is 42.3 Å². The standard InChI is InChI=1S/C26H31F2N7O4/c1-15(2)38-26(36)34-7-5-18(6-8-34)37-14-23-32-24(39-33-23)16-10-30-25(31-11-16)35-12-20(22(29)13-35)19-9-17(27)3-4-21(19)28/h3-4,9-11,15,18,20,22H,5-8,12-14,29H2,1-2H3/t20-,22+/m1/s1. The van der Waals surface area contributed by atoms with Crippen molar-refractivity contribution in [3.8, 4) is 11.5 Å².